The lowest BCUT2D eigenvalue weighted by Gasteiger charge is -2.34. The second-order valence-electron chi connectivity index (χ2n) is 6.10. The van der Waals surface area contributed by atoms with Crippen molar-refractivity contribution >= 4 is 33.4 Å². The van der Waals surface area contributed by atoms with E-state index in [1.165, 1.54) is 6.07 Å². The Kier molecular flexibility index (Phi) is 6.40. The predicted molar refractivity (Wildman–Crippen MR) is 105 cm³/mol. The van der Waals surface area contributed by atoms with Crippen molar-refractivity contribution in [3.63, 3.8) is 0 Å². The Labute approximate surface area is 166 Å². The SMILES string of the molecule is O=C(c1cc(Br)ccc1O)N1CCN(CCOc2ccc(Cl)cc2)CC1. The molecule has 26 heavy (non-hydrogen) atoms. The van der Waals surface area contributed by atoms with Gasteiger partial charge in [-0.1, -0.05) is 27.5 Å². The van der Waals surface area contributed by atoms with Gasteiger partial charge in [0.1, 0.15) is 18.1 Å². The number of carbonyl (C=O) groups is 1. The van der Waals surface area contributed by atoms with Gasteiger partial charge in [0.25, 0.3) is 5.91 Å². The van der Waals surface area contributed by atoms with Crippen LogP contribution in [0.4, 0.5) is 0 Å². The number of piperazine rings is 1. The highest BCUT2D eigenvalue weighted by Gasteiger charge is 2.24. The first kappa shape index (κ1) is 19.0. The second kappa shape index (κ2) is 8.75. The summed E-state index contributed by atoms with van der Waals surface area (Å²) in [6, 6.07) is 12.2. The van der Waals surface area contributed by atoms with E-state index in [4.69, 9.17) is 16.3 Å². The molecule has 0 atom stereocenters. The Balaban J connectivity index is 1.46. The molecule has 2 aromatic carbocycles. The smallest absolute Gasteiger partial charge is 0.257 e. The maximum atomic E-state index is 12.6. The Morgan fingerprint density at radius 1 is 1.12 bits per heavy atom. The first-order chi connectivity index (χ1) is 12.5. The molecule has 1 saturated heterocycles. The van der Waals surface area contributed by atoms with Gasteiger partial charge in [-0.05, 0) is 42.5 Å². The van der Waals surface area contributed by atoms with E-state index in [0.29, 0.717) is 30.3 Å². The van der Waals surface area contributed by atoms with Gasteiger partial charge in [0.15, 0.2) is 0 Å². The third-order valence-electron chi connectivity index (χ3n) is 4.34. The summed E-state index contributed by atoms with van der Waals surface area (Å²) in [6.45, 7) is 4.21. The third kappa shape index (κ3) is 4.90. The molecule has 0 aromatic heterocycles. The number of ether oxygens (including phenoxy) is 1. The molecule has 3 rings (SSSR count). The highest BCUT2D eigenvalue weighted by molar-refractivity contribution is 9.10. The van der Waals surface area contributed by atoms with Gasteiger partial charge in [0.2, 0.25) is 0 Å². The fraction of sp³-hybridized carbons (Fsp3) is 0.316. The number of phenolic OH excluding ortho intramolecular Hbond substituents is 1. The van der Waals surface area contributed by atoms with Crippen molar-refractivity contribution in [3.8, 4) is 11.5 Å². The highest BCUT2D eigenvalue weighted by Crippen LogP contribution is 2.23. The number of rotatable bonds is 5. The lowest BCUT2D eigenvalue weighted by atomic mass is 10.1. The van der Waals surface area contributed by atoms with Crippen molar-refractivity contribution in [2.75, 3.05) is 39.3 Å². The predicted octanol–water partition coefficient (Wildman–Crippen LogP) is 3.64. The summed E-state index contributed by atoms with van der Waals surface area (Å²) in [6.07, 6.45) is 0. The van der Waals surface area contributed by atoms with Gasteiger partial charge in [-0.25, -0.2) is 0 Å². The second-order valence-corrected chi connectivity index (χ2v) is 7.45. The molecule has 1 N–H and O–H groups in total. The van der Waals surface area contributed by atoms with Gasteiger partial charge in [-0.15, -0.1) is 0 Å². The lowest BCUT2D eigenvalue weighted by molar-refractivity contribution is 0.0617. The summed E-state index contributed by atoms with van der Waals surface area (Å²) in [5.74, 6) is 0.672. The molecular weight excluding hydrogens is 420 g/mol. The van der Waals surface area contributed by atoms with Crippen LogP contribution >= 0.6 is 27.5 Å². The van der Waals surface area contributed by atoms with E-state index >= 15 is 0 Å². The molecule has 138 valence electrons. The Morgan fingerprint density at radius 3 is 2.50 bits per heavy atom. The summed E-state index contributed by atoms with van der Waals surface area (Å²) in [5, 5.41) is 10.6. The van der Waals surface area contributed by atoms with Crippen LogP contribution in [-0.2, 0) is 0 Å². The normalized spacial score (nSPS) is 15.1. The van der Waals surface area contributed by atoms with E-state index in [-0.39, 0.29) is 11.7 Å². The van der Waals surface area contributed by atoms with Gasteiger partial charge < -0.3 is 14.7 Å². The van der Waals surface area contributed by atoms with Crippen LogP contribution in [0.25, 0.3) is 0 Å². The Hall–Kier alpha value is -1.76. The zero-order valence-electron chi connectivity index (χ0n) is 14.2. The molecule has 0 unspecified atom stereocenters. The average molecular weight is 440 g/mol. The van der Waals surface area contributed by atoms with E-state index in [2.05, 4.69) is 20.8 Å². The van der Waals surface area contributed by atoms with E-state index < -0.39 is 0 Å². The minimum atomic E-state index is -0.138. The standard InChI is InChI=1S/C19H20BrClN2O3/c20-14-1-6-18(24)17(13-14)19(25)23-9-7-22(8-10-23)11-12-26-16-4-2-15(21)3-5-16/h1-6,13,24H,7-12H2. The van der Waals surface area contributed by atoms with Crippen LogP contribution in [0.5, 0.6) is 11.5 Å². The van der Waals surface area contributed by atoms with Crippen LogP contribution in [0.3, 0.4) is 0 Å². The summed E-state index contributed by atoms with van der Waals surface area (Å²) in [7, 11) is 0. The Bertz CT molecular complexity index is 762. The summed E-state index contributed by atoms with van der Waals surface area (Å²) in [5.41, 5.74) is 0.332. The van der Waals surface area contributed by atoms with Gasteiger partial charge >= 0.3 is 0 Å². The number of nitrogens with zero attached hydrogens (tertiary/aromatic N) is 2. The molecular formula is C19H20BrClN2O3. The van der Waals surface area contributed by atoms with E-state index in [1.807, 2.05) is 12.1 Å². The van der Waals surface area contributed by atoms with Crippen LogP contribution in [0.15, 0.2) is 46.9 Å². The van der Waals surface area contributed by atoms with Crippen LogP contribution in [0, 0.1) is 0 Å². The zero-order chi connectivity index (χ0) is 18.5. The van der Waals surface area contributed by atoms with E-state index in [0.717, 1.165) is 29.9 Å². The molecule has 1 heterocycles. The number of carbonyl (C=O) groups excluding carboxylic acids is 1. The molecule has 0 radical (unpaired) electrons. The molecule has 2 aromatic rings. The van der Waals surface area contributed by atoms with E-state index in [1.54, 1.807) is 29.2 Å². The van der Waals surface area contributed by atoms with E-state index in [9.17, 15) is 9.90 Å². The lowest BCUT2D eigenvalue weighted by Crippen LogP contribution is -2.49. The maximum Gasteiger partial charge on any atom is 0.257 e. The van der Waals surface area contributed by atoms with Crippen molar-refractivity contribution in [2.24, 2.45) is 0 Å². The minimum absolute atomic E-state index is 0.0111. The molecule has 1 amide bonds. The van der Waals surface area contributed by atoms with Gasteiger partial charge in [-0.2, -0.15) is 0 Å². The van der Waals surface area contributed by atoms with Crippen molar-refractivity contribution in [1.29, 1.82) is 0 Å². The summed E-state index contributed by atoms with van der Waals surface area (Å²) >= 11 is 9.19. The molecule has 5 nitrogen and oxygen atoms in total. The monoisotopic (exact) mass is 438 g/mol. The summed E-state index contributed by atoms with van der Waals surface area (Å²) < 4.78 is 6.49. The van der Waals surface area contributed by atoms with Crippen molar-refractivity contribution in [2.45, 2.75) is 0 Å². The van der Waals surface area contributed by atoms with Gasteiger partial charge in [0, 0.05) is 42.2 Å². The molecule has 0 saturated carbocycles. The topological polar surface area (TPSA) is 53.0 Å². The molecule has 1 aliphatic rings. The highest BCUT2D eigenvalue weighted by atomic mass is 79.9. The molecule has 7 heteroatoms. The maximum absolute atomic E-state index is 12.6. The number of amides is 1. The van der Waals surface area contributed by atoms with Gasteiger partial charge in [-0.3, -0.25) is 9.69 Å². The van der Waals surface area contributed by atoms with Crippen LogP contribution in [-0.4, -0.2) is 60.1 Å². The largest absolute Gasteiger partial charge is 0.507 e. The Morgan fingerprint density at radius 2 is 1.81 bits per heavy atom. The first-order valence-electron chi connectivity index (χ1n) is 8.41. The fourth-order valence-corrected chi connectivity index (χ4v) is 3.33. The average Bonchev–Trinajstić information content (AvgIpc) is 2.65. The number of hydrogen-bond donors (Lipinski definition) is 1. The number of phenols is 1. The van der Waals surface area contributed by atoms with Crippen LogP contribution < -0.4 is 4.74 Å². The first-order valence-corrected chi connectivity index (χ1v) is 9.58. The van der Waals surface area contributed by atoms with Crippen LogP contribution in [0.2, 0.25) is 5.02 Å². The van der Waals surface area contributed by atoms with Crippen LogP contribution in [0.1, 0.15) is 10.4 Å². The molecule has 0 spiro atoms. The third-order valence-corrected chi connectivity index (χ3v) is 5.08. The summed E-state index contributed by atoms with van der Waals surface area (Å²) in [4.78, 5) is 16.6. The number of hydrogen-bond acceptors (Lipinski definition) is 4. The minimum Gasteiger partial charge on any atom is -0.507 e. The van der Waals surface area contributed by atoms with Gasteiger partial charge in [0.05, 0.1) is 5.56 Å². The molecule has 1 fully saturated rings. The van der Waals surface area contributed by atoms with Crippen molar-refractivity contribution in [1.82, 2.24) is 9.80 Å². The fourth-order valence-electron chi connectivity index (χ4n) is 2.85. The quantitative estimate of drug-likeness (QED) is 0.773. The molecule has 0 bridgehead atoms. The number of aromatic hydroxyl groups is 1. The number of benzene rings is 2. The molecule has 1 aliphatic heterocycles. The van der Waals surface area contributed by atoms with Crippen molar-refractivity contribution < 1.29 is 14.6 Å². The zero-order valence-corrected chi connectivity index (χ0v) is 16.5. The van der Waals surface area contributed by atoms with Crippen molar-refractivity contribution in [3.05, 3.63) is 57.5 Å². The molecule has 0 aliphatic carbocycles. The number of halogens is 2.